The Balaban J connectivity index is 1.93. The van der Waals surface area contributed by atoms with Crippen molar-refractivity contribution in [3.8, 4) is 5.75 Å². The quantitative estimate of drug-likeness (QED) is 0.899. The molecule has 1 aromatic carbocycles. The van der Waals surface area contributed by atoms with Crippen LogP contribution in [0.4, 0.5) is 0 Å². The minimum absolute atomic E-state index is 0.00557. The molecule has 136 valence electrons. The largest absolute Gasteiger partial charge is 0.495 e. The SMILES string of the molecule is COc1cc(C)c(C)cc1S(=O)(=O)N1CCCC(c2n[nH]c(C)n2)C1. The van der Waals surface area contributed by atoms with Crippen molar-refractivity contribution in [2.45, 2.75) is 44.4 Å². The lowest BCUT2D eigenvalue weighted by molar-refractivity contribution is 0.307. The van der Waals surface area contributed by atoms with Crippen molar-refractivity contribution >= 4 is 10.0 Å². The molecule has 0 saturated carbocycles. The molecule has 8 heteroatoms. The van der Waals surface area contributed by atoms with Crippen molar-refractivity contribution < 1.29 is 13.2 Å². The number of piperidine rings is 1. The molecule has 1 unspecified atom stereocenters. The maximum Gasteiger partial charge on any atom is 0.246 e. The van der Waals surface area contributed by atoms with Gasteiger partial charge in [0.25, 0.3) is 0 Å². The smallest absolute Gasteiger partial charge is 0.246 e. The average Bonchev–Trinajstić information content (AvgIpc) is 3.03. The standard InChI is InChI=1S/C17H24N4O3S/c1-11-8-15(24-4)16(9-12(11)2)25(22,23)21-7-5-6-14(10-21)17-18-13(3)19-20-17/h8-9,14H,5-7,10H2,1-4H3,(H,18,19,20). The second-order valence-electron chi connectivity index (χ2n) is 6.57. The number of rotatable bonds is 4. The summed E-state index contributed by atoms with van der Waals surface area (Å²) in [7, 11) is -2.14. The summed E-state index contributed by atoms with van der Waals surface area (Å²) in [5.41, 5.74) is 1.93. The molecule has 3 rings (SSSR count). The van der Waals surface area contributed by atoms with Crippen molar-refractivity contribution in [3.63, 3.8) is 0 Å². The molecule has 1 fully saturated rings. The summed E-state index contributed by atoms with van der Waals surface area (Å²) < 4.78 is 33.3. The number of ether oxygens (including phenoxy) is 1. The van der Waals surface area contributed by atoms with E-state index < -0.39 is 10.0 Å². The summed E-state index contributed by atoms with van der Waals surface area (Å²) in [5.74, 6) is 1.82. The van der Waals surface area contributed by atoms with Crippen molar-refractivity contribution in [1.29, 1.82) is 0 Å². The number of aryl methyl sites for hydroxylation is 3. The molecular weight excluding hydrogens is 340 g/mol. The van der Waals surface area contributed by atoms with Crippen LogP contribution in [0.15, 0.2) is 17.0 Å². The zero-order chi connectivity index (χ0) is 18.2. The molecule has 1 aliphatic rings. The number of nitrogens with one attached hydrogen (secondary N) is 1. The van der Waals surface area contributed by atoms with Gasteiger partial charge in [-0.25, -0.2) is 13.4 Å². The number of methoxy groups -OCH3 is 1. The Morgan fingerprint density at radius 2 is 1.96 bits per heavy atom. The molecule has 1 N–H and O–H groups in total. The molecule has 7 nitrogen and oxygen atoms in total. The lowest BCUT2D eigenvalue weighted by Gasteiger charge is -2.31. The molecule has 25 heavy (non-hydrogen) atoms. The Kier molecular flexibility index (Phi) is 4.83. The van der Waals surface area contributed by atoms with Crippen LogP contribution in [0.3, 0.4) is 0 Å². The first-order valence-corrected chi connectivity index (χ1v) is 9.81. The van der Waals surface area contributed by atoms with E-state index in [1.807, 2.05) is 20.8 Å². The lowest BCUT2D eigenvalue weighted by Crippen LogP contribution is -2.39. The van der Waals surface area contributed by atoms with E-state index >= 15 is 0 Å². The summed E-state index contributed by atoms with van der Waals surface area (Å²) in [5, 5.41) is 7.04. The van der Waals surface area contributed by atoms with Crippen LogP contribution in [0.25, 0.3) is 0 Å². The number of H-pyrrole nitrogens is 1. The van der Waals surface area contributed by atoms with Crippen LogP contribution in [0.5, 0.6) is 5.75 Å². The molecule has 2 heterocycles. The van der Waals surface area contributed by atoms with Crippen LogP contribution >= 0.6 is 0 Å². The highest BCUT2D eigenvalue weighted by molar-refractivity contribution is 7.89. The highest BCUT2D eigenvalue weighted by Gasteiger charge is 2.34. The van der Waals surface area contributed by atoms with Gasteiger partial charge < -0.3 is 4.74 Å². The normalized spacial score (nSPS) is 19.1. The zero-order valence-electron chi connectivity index (χ0n) is 15.0. The number of hydrogen-bond acceptors (Lipinski definition) is 5. The van der Waals surface area contributed by atoms with Crippen molar-refractivity contribution in [2.24, 2.45) is 0 Å². The van der Waals surface area contributed by atoms with Gasteiger partial charge in [0.05, 0.1) is 7.11 Å². The van der Waals surface area contributed by atoms with E-state index in [1.54, 1.807) is 12.1 Å². The van der Waals surface area contributed by atoms with Crippen LogP contribution in [0.1, 0.15) is 41.5 Å². The second kappa shape index (κ2) is 6.76. The van der Waals surface area contributed by atoms with Gasteiger partial charge in [-0.05, 0) is 56.9 Å². The number of aromatic nitrogens is 3. The Hall–Kier alpha value is -1.93. The first kappa shape index (κ1) is 17.9. The predicted octanol–water partition coefficient (Wildman–Crippen LogP) is 2.31. The summed E-state index contributed by atoms with van der Waals surface area (Å²) in [6, 6.07) is 3.48. The van der Waals surface area contributed by atoms with Crippen molar-refractivity contribution in [1.82, 2.24) is 19.5 Å². The maximum atomic E-state index is 13.2. The highest BCUT2D eigenvalue weighted by Crippen LogP contribution is 2.33. The third-order valence-corrected chi connectivity index (χ3v) is 6.65. The first-order chi connectivity index (χ1) is 11.8. The summed E-state index contributed by atoms with van der Waals surface area (Å²) >= 11 is 0. The number of sulfonamides is 1. The van der Waals surface area contributed by atoms with Crippen LogP contribution in [-0.4, -0.2) is 48.1 Å². The molecule has 0 amide bonds. The van der Waals surface area contributed by atoms with Crippen LogP contribution < -0.4 is 4.74 Å². The van der Waals surface area contributed by atoms with E-state index in [2.05, 4.69) is 15.2 Å². The van der Waals surface area contributed by atoms with E-state index in [0.717, 1.165) is 29.8 Å². The van der Waals surface area contributed by atoms with Gasteiger partial charge in [0.1, 0.15) is 16.5 Å². The predicted molar refractivity (Wildman–Crippen MR) is 94.3 cm³/mol. The Bertz CT molecular complexity index is 876. The lowest BCUT2D eigenvalue weighted by atomic mass is 9.99. The van der Waals surface area contributed by atoms with Gasteiger partial charge in [-0.2, -0.15) is 9.40 Å². The molecule has 1 aromatic heterocycles. The van der Waals surface area contributed by atoms with Crippen molar-refractivity contribution in [3.05, 3.63) is 34.9 Å². The number of hydrogen-bond donors (Lipinski definition) is 1. The monoisotopic (exact) mass is 364 g/mol. The van der Waals surface area contributed by atoms with E-state index in [9.17, 15) is 8.42 Å². The summed E-state index contributed by atoms with van der Waals surface area (Å²) in [6.07, 6.45) is 1.66. The highest BCUT2D eigenvalue weighted by atomic mass is 32.2. The van der Waals surface area contributed by atoms with Gasteiger partial charge in [0.15, 0.2) is 5.82 Å². The molecule has 1 atom stereocenters. The first-order valence-electron chi connectivity index (χ1n) is 8.37. The van der Waals surface area contributed by atoms with Gasteiger partial charge in [-0.3, -0.25) is 5.10 Å². The fraction of sp³-hybridized carbons (Fsp3) is 0.529. The van der Waals surface area contributed by atoms with Crippen LogP contribution in [0, 0.1) is 20.8 Å². The molecule has 1 aliphatic heterocycles. The number of nitrogens with zero attached hydrogens (tertiary/aromatic N) is 3. The second-order valence-corrected chi connectivity index (χ2v) is 8.47. The molecule has 0 radical (unpaired) electrons. The van der Waals surface area contributed by atoms with Crippen LogP contribution in [0.2, 0.25) is 0 Å². The van der Waals surface area contributed by atoms with Gasteiger partial charge in [0, 0.05) is 19.0 Å². The fourth-order valence-electron chi connectivity index (χ4n) is 3.18. The fourth-order valence-corrected chi connectivity index (χ4v) is 4.92. The minimum Gasteiger partial charge on any atom is -0.495 e. The summed E-state index contributed by atoms with van der Waals surface area (Å²) in [6.45, 7) is 6.57. The number of aromatic amines is 1. The molecule has 0 spiro atoms. The topological polar surface area (TPSA) is 88.2 Å². The van der Waals surface area contributed by atoms with Gasteiger partial charge >= 0.3 is 0 Å². The third kappa shape index (κ3) is 3.41. The summed E-state index contributed by atoms with van der Waals surface area (Å²) in [4.78, 5) is 4.60. The Labute approximate surface area is 148 Å². The molecular formula is C17H24N4O3S. The van der Waals surface area contributed by atoms with Gasteiger partial charge in [-0.15, -0.1) is 0 Å². The van der Waals surface area contributed by atoms with E-state index in [1.165, 1.54) is 11.4 Å². The Morgan fingerprint density at radius 3 is 2.60 bits per heavy atom. The third-order valence-electron chi connectivity index (χ3n) is 4.76. The number of benzene rings is 1. The van der Waals surface area contributed by atoms with E-state index in [4.69, 9.17) is 4.74 Å². The van der Waals surface area contributed by atoms with E-state index in [-0.39, 0.29) is 10.8 Å². The average molecular weight is 364 g/mol. The van der Waals surface area contributed by atoms with Gasteiger partial charge in [-0.1, -0.05) is 0 Å². The Morgan fingerprint density at radius 1 is 1.24 bits per heavy atom. The zero-order valence-corrected chi connectivity index (χ0v) is 15.9. The molecule has 0 bridgehead atoms. The van der Waals surface area contributed by atoms with Crippen LogP contribution in [-0.2, 0) is 10.0 Å². The maximum absolute atomic E-state index is 13.2. The minimum atomic E-state index is -3.64. The molecule has 1 saturated heterocycles. The molecule has 0 aliphatic carbocycles. The molecule has 2 aromatic rings. The van der Waals surface area contributed by atoms with E-state index in [0.29, 0.717) is 24.7 Å². The van der Waals surface area contributed by atoms with Gasteiger partial charge in [0.2, 0.25) is 10.0 Å². The van der Waals surface area contributed by atoms with Crippen molar-refractivity contribution in [2.75, 3.05) is 20.2 Å².